The van der Waals surface area contributed by atoms with Crippen LogP contribution in [0.3, 0.4) is 0 Å². The topological polar surface area (TPSA) is 74.7 Å². The molecular formula is C19H13F4N5O2. The summed E-state index contributed by atoms with van der Waals surface area (Å²) in [7, 11) is 1.24. The lowest BCUT2D eigenvalue weighted by atomic mass is 10.2. The van der Waals surface area contributed by atoms with Gasteiger partial charge in [-0.3, -0.25) is 13.9 Å². The molecule has 0 aliphatic heterocycles. The fraction of sp³-hybridized carbons (Fsp3) is 0.158. The highest BCUT2D eigenvalue weighted by Crippen LogP contribution is 2.28. The molecule has 30 heavy (non-hydrogen) atoms. The first kappa shape index (κ1) is 19.6. The molecule has 0 N–H and O–H groups in total. The molecule has 4 rings (SSSR count). The van der Waals surface area contributed by atoms with Crippen molar-refractivity contribution in [2.75, 3.05) is 0 Å². The van der Waals surface area contributed by atoms with Gasteiger partial charge in [0.05, 0.1) is 23.3 Å². The molecule has 0 fully saturated rings. The first-order valence-electron chi connectivity index (χ1n) is 8.63. The molecule has 3 heterocycles. The first-order chi connectivity index (χ1) is 14.1. The molecular weight excluding hydrogens is 406 g/mol. The summed E-state index contributed by atoms with van der Waals surface area (Å²) in [5, 5.41) is 4.10. The minimum Gasteiger partial charge on any atom is -0.280 e. The van der Waals surface area contributed by atoms with Gasteiger partial charge >= 0.3 is 11.9 Å². The van der Waals surface area contributed by atoms with E-state index in [4.69, 9.17) is 0 Å². The van der Waals surface area contributed by atoms with E-state index in [0.29, 0.717) is 17.4 Å². The normalized spacial score (nSPS) is 11.9. The van der Waals surface area contributed by atoms with Crippen molar-refractivity contribution < 1.29 is 17.6 Å². The number of fused-ring (bicyclic) bond motifs is 1. The quantitative estimate of drug-likeness (QED) is 0.479. The number of alkyl halides is 3. The van der Waals surface area contributed by atoms with E-state index in [9.17, 15) is 27.2 Å². The minimum atomic E-state index is -4.71. The summed E-state index contributed by atoms with van der Waals surface area (Å²) in [5.74, 6) is -0.449. The summed E-state index contributed by atoms with van der Waals surface area (Å²) in [6.45, 7) is -0.217. The predicted octanol–water partition coefficient (Wildman–Crippen LogP) is 2.49. The van der Waals surface area contributed by atoms with Crippen LogP contribution in [-0.2, 0) is 19.8 Å². The van der Waals surface area contributed by atoms with Gasteiger partial charge in [0.25, 0.3) is 5.56 Å². The van der Waals surface area contributed by atoms with Crippen molar-refractivity contribution in [3.8, 4) is 5.69 Å². The summed E-state index contributed by atoms with van der Waals surface area (Å²) in [6, 6.07) is 8.92. The maximum absolute atomic E-state index is 13.4. The van der Waals surface area contributed by atoms with Gasteiger partial charge in [-0.2, -0.15) is 18.3 Å². The lowest BCUT2D eigenvalue weighted by Gasteiger charge is -2.11. The molecule has 154 valence electrons. The van der Waals surface area contributed by atoms with Crippen molar-refractivity contribution in [1.82, 2.24) is 23.9 Å². The van der Waals surface area contributed by atoms with Crippen molar-refractivity contribution in [3.05, 3.63) is 86.7 Å². The van der Waals surface area contributed by atoms with Gasteiger partial charge in [-0.15, -0.1) is 0 Å². The van der Waals surface area contributed by atoms with Crippen LogP contribution in [0, 0.1) is 5.82 Å². The van der Waals surface area contributed by atoms with E-state index in [0.717, 1.165) is 15.2 Å². The zero-order valence-electron chi connectivity index (χ0n) is 15.4. The summed E-state index contributed by atoms with van der Waals surface area (Å²) in [5.41, 5.74) is -2.40. The smallest absolute Gasteiger partial charge is 0.280 e. The molecule has 0 saturated heterocycles. The van der Waals surface area contributed by atoms with Gasteiger partial charge in [0, 0.05) is 13.2 Å². The first-order valence-corrected chi connectivity index (χ1v) is 8.63. The standard InChI is InChI=1S/C19H13F4N5O2/c1-26-16-14(5-6-15(24-16)19(21,22)23)17(29)27(18(26)30)10-12-7-8-28(25-12)13-4-2-3-11(20)9-13/h2-9H,10H2,1H3. The maximum atomic E-state index is 13.4. The molecule has 0 saturated carbocycles. The second kappa shape index (κ2) is 6.94. The third-order valence-electron chi connectivity index (χ3n) is 4.51. The average molecular weight is 419 g/mol. The number of nitrogens with zero attached hydrogens (tertiary/aromatic N) is 5. The van der Waals surface area contributed by atoms with Crippen LogP contribution in [-0.4, -0.2) is 23.9 Å². The number of aromatic nitrogens is 5. The molecule has 3 aromatic heterocycles. The molecule has 0 aliphatic rings. The van der Waals surface area contributed by atoms with E-state index in [1.54, 1.807) is 12.1 Å². The van der Waals surface area contributed by atoms with Gasteiger partial charge in [-0.1, -0.05) is 6.07 Å². The number of halogens is 4. The number of hydrogen-bond acceptors (Lipinski definition) is 4. The van der Waals surface area contributed by atoms with E-state index in [1.807, 2.05) is 0 Å². The summed E-state index contributed by atoms with van der Waals surface area (Å²) >= 11 is 0. The Hall–Kier alpha value is -3.76. The monoisotopic (exact) mass is 419 g/mol. The molecule has 1 aromatic carbocycles. The predicted molar refractivity (Wildman–Crippen MR) is 98.9 cm³/mol. The molecule has 0 spiro atoms. The second-order valence-corrected chi connectivity index (χ2v) is 6.53. The van der Waals surface area contributed by atoms with Gasteiger partial charge in [-0.25, -0.2) is 18.9 Å². The Morgan fingerprint density at radius 3 is 2.53 bits per heavy atom. The highest BCUT2D eigenvalue weighted by atomic mass is 19.4. The van der Waals surface area contributed by atoms with Gasteiger partial charge in [-0.05, 0) is 36.4 Å². The lowest BCUT2D eigenvalue weighted by molar-refractivity contribution is -0.141. The molecule has 0 radical (unpaired) electrons. The maximum Gasteiger partial charge on any atom is 0.433 e. The van der Waals surface area contributed by atoms with Crippen LogP contribution in [0.25, 0.3) is 16.7 Å². The average Bonchev–Trinajstić information content (AvgIpc) is 3.17. The molecule has 4 aromatic rings. The van der Waals surface area contributed by atoms with Crippen LogP contribution in [0.4, 0.5) is 17.6 Å². The Morgan fingerprint density at radius 2 is 1.83 bits per heavy atom. The van der Waals surface area contributed by atoms with Crippen LogP contribution in [0.5, 0.6) is 0 Å². The van der Waals surface area contributed by atoms with Gasteiger partial charge in [0.15, 0.2) is 0 Å². The van der Waals surface area contributed by atoms with E-state index in [1.165, 1.54) is 36.1 Å². The van der Waals surface area contributed by atoms with E-state index < -0.39 is 28.9 Å². The molecule has 0 amide bonds. The fourth-order valence-electron chi connectivity index (χ4n) is 3.04. The Kier molecular flexibility index (Phi) is 4.52. The highest BCUT2D eigenvalue weighted by Gasteiger charge is 2.33. The molecule has 0 bridgehead atoms. The number of pyridine rings is 1. The number of rotatable bonds is 3. The van der Waals surface area contributed by atoms with Crippen molar-refractivity contribution in [2.45, 2.75) is 12.7 Å². The Bertz CT molecular complexity index is 1380. The molecule has 0 atom stereocenters. The second-order valence-electron chi connectivity index (χ2n) is 6.53. The van der Waals surface area contributed by atoms with Crippen LogP contribution < -0.4 is 11.2 Å². The Morgan fingerprint density at radius 1 is 1.07 bits per heavy atom. The summed E-state index contributed by atoms with van der Waals surface area (Å²) < 4.78 is 55.3. The van der Waals surface area contributed by atoms with Crippen molar-refractivity contribution in [3.63, 3.8) is 0 Å². The Balaban J connectivity index is 1.77. The van der Waals surface area contributed by atoms with Crippen molar-refractivity contribution in [1.29, 1.82) is 0 Å². The number of hydrogen-bond donors (Lipinski definition) is 0. The van der Waals surface area contributed by atoms with Crippen LogP contribution in [0.1, 0.15) is 11.4 Å². The zero-order valence-corrected chi connectivity index (χ0v) is 15.4. The SMILES string of the molecule is Cn1c(=O)n(Cc2ccn(-c3cccc(F)c3)n2)c(=O)c2ccc(C(F)(F)F)nc21. The fourth-order valence-corrected chi connectivity index (χ4v) is 3.04. The third kappa shape index (κ3) is 3.38. The highest BCUT2D eigenvalue weighted by molar-refractivity contribution is 5.74. The van der Waals surface area contributed by atoms with Crippen molar-refractivity contribution in [2.24, 2.45) is 7.05 Å². The van der Waals surface area contributed by atoms with Gasteiger partial charge in [0.1, 0.15) is 17.2 Å². The number of aryl methyl sites for hydroxylation is 1. The summed E-state index contributed by atoms with van der Waals surface area (Å²) in [4.78, 5) is 28.8. The molecule has 7 nitrogen and oxygen atoms in total. The van der Waals surface area contributed by atoms with Crippen LogP contribution in [0.2, 0.25) is 0 Å². The third-order valence-corrected chi connectivity index (χ3v) is 4.51. The largest absolute Gasteiger partial charge is 0.433 e. The van der Waals surface area contributed by atoms with Gasteiger partial charge < -0.3 is 0 Å². The van der Waals surface area contributed by atoms with E-state index in [-0.39, 0.29) is 17.6 Å². The molecule has 0 unspecified atom stereocenters. The van der Waals surface area contributed by atoms with Crippen LogP contribution in [0.15, 0.2) is 58.3 Å². The van der Waals surface area contributed by atoms with E-state index >= 15 is 0 Å². The van der Waals surface area contributed by atoms with E-state index in [2.05, 4.69) is 10.1 Å². The molecule has 11 heteroatoms. The summed E-state index contributed by atoms with van der Waals surface area (Å²) in [6.07, 6.45) is -3.17. The molecule has 0 aliphatic carbocycles. The zero-order chi connectivity index (χ0) is 21.6. The van der Waals surface area contributed by atoms with Crippen LogP contribution >= 0.6 is 0 Å². The lowest BCUT2D eigenvalue weighted by Crippen LogP contribution is -2.40. The number of benzene rings is 1. The van der Waals surface area contributed by atoms with Crippen molar-refractivity contribution >= 4 is 11.0 Å². The van der Waals surface area contributed by atoms with Gasteiger partial charge in [0.2, 0.25) is 0 Å². The Labute approximate surface area is 165 Å². The minimum absolute atomic E-state index is 0.130.